The smallest absolute Gasteiger partial charge is 0.251 e. The van der Waals surface area contributed by atoms with E-state index in [-0.39, 0.29) is 11.9 Å². The summed E-state index contributed by atoms with van der Waals surface area (Å²) in [4.78, 5) is 12.3. The molecular formula is C16H16N2O2. The van der Waals surface area contributed by atoms with E-state index in [0.717, 1.165) is 11.3 Å². The van der Waals surface area contributed by atoms with E-state index in [0.29, 0.717) is 18.0 Å². The van der Waals surface area contributed by atoms with E-state index in [2.05, 4.69) is 10.6 Å². The Morgan fingerprint density at radius 2 is 1.90 bits per heavy atom. The van der Waals surface area contributed by atoms with E-state index in [9.17, 15) is 4.79 Å². The molecule has 1 aliphatic rings. The number of carbonyl (C=O) groups is 1. The van der Waals surface area contributed by atoms with Gasteiger partial charge < -0.3 is 15.4 Å². The highest BCUT2D eigenvalue weighted by molar-refractivity contribution is 6.05. The van der Waals surface area contributed by atoms with Crippen molar-refractivity contribution >= 4 is 17.3 Å². The second kappa shape index (κ2) is 5.25. The Balaban J connectivity index is 1.95. The van der Waals surface area contributed by atoms with Crippen molar-refractivity contribution in [2.24, 2.45) is 0 Å². The number of para-hydroxylation sites is 1. The number of hydrogen-bond acceptors (Lipinski definition) is 3. The first-order chi connectivity index (χ1) is 9.79. The molecule has 1 aliphatic heterocycles. The fraction of sp³-hybridized carbons (Fsp3) is 0.188. The molecule has 2 aromatic carbocycles. The van der Waals surface area contributed by atoms with Crippen LogP contribution in [0.5, 0.6) is 5.75 Å². The molecule has 1 atom stereocenters. The van der Waals surface area contributed by atoms with Crippen LogP contribution in [0.15, 0.2) is 48.5 Å². The highest BCUT2D eigenvalue weighted by atomic mass is 16.5. The van der Waals surface area contributed by atoms with Crippen LogP contribution in [0.1, 0.15) is 18.5 Å². The lowest BCUT2D eigenvalue weighted by atomic mass is 10.0. The van der Waals surface area contributed by atoms with Crippen LogP contribution >= 0.6 is 0 Å². The lowest BCUT2D eigenvalue weighted by Gasteiger charge is -2.28. The maximum absolute atomic E-state index is 12.3. The minimum Gasteiger partial charge on any atom is -0.492 e. The number of anilines is 2. The van der Waals surface area contributed by atoms with Gasteiger partial charge in [-0.15, -0.1) is 0 Å². The molecule has 0 aromatic heterocycles. The Bertz CT molecular complexity index is 626. The minimum absolute atomic E-state index is 0.0733. The van der Waals surface area contributed by atoms with Gasteiger partial charge in [0, 0.05) is 0 Å². The second-order valence-corrected chi connectivity index (χ2v) is 4.59. The largest absolute Gasteiger partial charge is 0.492 e. The van der Waals surface area contributed by atoms with E-state index in [1.807, 2.05) is 55.5 Å². The van der Waals surface area contributed by atoms with Crippen molar-refractivity contribution in [3.63, 3.8) is 0 Å². The van der Waals surface area contributed by atoms with Crippen molar-refractivity contribution in [3.05, 3.63) is 54.1 Å². The predicted molar refractivity (Wildman–Crippen MR) is 79.0 cm³/mol. The van der Waals surface area contributed by atoms with Gasteiger partial charge in [-0.2, -0.15) is 0 Å². The Kier molecular flexibility index (Phi) is 3.29. The molecule has 20 heavy (non-hydrogen) atoms. The summed E-state index contributed by atoms with van der Waals surface area (Å²) in [5.41, 5.74) is 2.54. The molecule has 0 fully saturated rings. The maximum atomic E-state index is 12.3. The summed E-state index contributed by atoms with van der Waals surface area (Å²) in [6, 6.07) is 15.0. The Morgan fingerprint density at radius 3 is 2.65 bits per heavy atom. The van der Waals surface area contributed by atoms with Crippen LogP contribution in [0.3, 0.4) is 0 Å². The van der Waals surface area contributed by atoms with Crippen LogP contribution in [0, 0.1) is 0 Å². The zero-order chi connectivity index (χ0) is 13.9. The standard InChI is InChI=1S/C16H16N2O2/c1-2-20-13-10-6-9-12-15(13)18-16(19)14(17-12)11-7-4-3-5-8-11/h3-10,14,17H,2H2,1H3,(H,18,19). The molecule has 1 amide bonds. The molecule has 0 bridgehead atoms. The van der Waals surface area contributed by atoms with E-state index in [1.165, 1.54) is 0 Å². The molecule has 0 saturated carbocycles. The lowest BCUT2D eigenvalue weighted by molar-refractivity contribution is -0.117. The molecule has 0 radical (unpaired) electrons. The Labute approximate surface area is 117 Å². The normalized spacial score (nSPS) is 16.9. The Morgan fingerprint density at radius 1 is 1.10 bits per heavy atom. The van der Waals surface area contributed by atoms with Crippen molar-refractivity contribution in [1.82, 2.24) is 0 Å². The highest BCUT2D eigenvalue weighted by Gasteiger charge is 2.28. The fourth-order valence-electron chi connectivity index (χ4n) is 2.35. The van der Waals surface area contributed by atoms with Crippen LogP contribution in [-0.4, -0.2) is 12.5 Å². The van der Waals surface area contributed by atoms with E-state index in [1.54, 1.807) is 0 Å². The van der Waals surface area contributed by atoms with Crippen LogP contribution in [0.2, 0.25) is 0 Å². The summed E-state index contributed by atoms with van der Waals surface area (Å²) >= 11 is 0. The number of carbonyl (C=O) groups excluding carboxylic acids is 1. The molecule has 1 unspecified atom stereocenters. The number of rotatable bonds is 3. The summed E-state index contributed by atoms with van der Waals surface area (Å²) < 4.78 is 5.54. The number of ether oxygens (including phenoxy) is 1. The summed E-state index contributed by atoms with van der Waals surface area (Å²) in [6.45, 7) is 2.48. The van der Waals surface area contributed by atoms with E-state index < -0.39 is 0 Å². The van der Waals surface area contributed by atoms with Crippen molar-refractivity contribution < 1.29 is 9.53 Å². The van der Waals surface area contributed by atoms with E-state index >= 15 is 0 Å². The maximum Gasteiger partial charge on any atom is 0.251 e. The van der Waals surface area contributed by atoms with Crippen molar-refractivity contribution in [1.29, 1.82) is 0 Å². The second-order valence-electron chi connectivity index (χ2n) is 4.59. The molecular weight excluding hydrogens is 252 g/mol. The van der Waals surface area contributed by atoms with Gasteiger partial charge in [0.05, 0.1) is 12.3 Å². The lowest BCUT2D eigenvalue weighted by Crippen LogP contribution is -2.32. The molecule has 3 rings (SSSR count). The molecule has 0 saturated heterocycles. The monoisotopic (exact) mass is 268 g/mol. The Hall–Kier alpha value is -2.49. The zero-order valence-electron chi connectivity index (χ0n) is 11.2. The predicted octanol–water partition coefficient (Wildman–Crippen LogP) is 3.19. The van der Waals surface area contributed by atoms with Crippen molar-refractivity contribution in [3.8, 4) is 5.75 Å². The molecule has 102 valence electrons. The molecule has 4 heteroatoms. The quantitative estimate of drug-likeness (QED) is 0.898. The van der Waals surface area contributed by atoms with Crippen molar-refractivity contribution in [2.45, 2.75) is 13.0 Å². The minimum atomic E-state index is -0.374. The summed E-state index contributed by atoms with van der Waals surface area (Å²) in [5.74, 6) is 0.619. The van der Waals surface area contributed by atoms with Gasteiger partial charge in [0.15, 0.2) is 0 Å². The number of hydrogen-bond donors (Lipinski definition) is 2. The number of fused-ring (bicyclic) bond motifs is 1. The van der Waals surface area contributed by atoms with Gasteiger partial charge in [-0.05, 0) is 24.6 Å². The highest BCUT2D eigenvalue weighted by Crippen LogP contribution is 2.38. The van der Waals surface area contributed by atoms with Crippen LogP contribution < -0.4 is 15.4 Å². The third-order valence-electron chi connectivity index (χ3n) is 3.27. The molecule has 2 aromatic rings. The van der Waals surface area contributed by atoms with Gasteiger partial charge in [-0.25, -0.2) is 0 Å². The summed E-state index contributed by atoms with van der Waals surface area (Å²) in [5, 5.41) is 6.21. The first-order valence-corrected chi connectivity index (χ1v) is 6.67. The average Bonchev–Trinajstić information content (AvgIpc) is 2.48. The SMILES string of the molecule is CCOc1cccc2c1NC(=O)C(c1ccccc1)N2. The van der Waals surface area contributed by atoms with E-state index in [4.69, 9.17) is 4.74 Å². The summed E-state index contributed by atoms with van der Waals surface area (Å²) in [7, 11) is 0. The van der Waals surface area contributed by atoms with Crippen LogP contribution in [0.25, 0.3) is 0 Å². The first-order valence-electron chi connectivity index (χ1n) is 6.67. The third kappa shape index (κ3) is 2.20. The zero-order valence-corrected chi connectivity index (χ0v) is 11.2. The topological polar surface area (TPSA) is 50.4 Å². The summed E-state index contributed by atoms with van der Waals surface area (Å²) in [6.07, 6.45) is 0. The van der Waals surface area contributed by atoms with Crippen LogP contribution in [-0.2, 0) is 4.79 Å². The molecule has 2 N–H and O–H groups in total. The van der Waals surface area contributed by atoms with Gasteiger partial charge in [0.1, 0.15) is 17.5 Å². The fourth-order valence-corrected chi connectivity index (χ4v) is 2.35. The number of amides is 1. The number of nitrogens with one attached hydrogen (secondary N) is 2. The van der Waals surface area contributed by atoms with Crippen LogP contribution in [0.4, 0.5) is 11.4 Å². The van der Waals surface area contributed by atoms with Gasteiger partial charge in [0.25, 0.3) is 5.91 Å². The molecule has 4 nitrogen and oxygen atoms in total. The van der Waals surface area contributed by atoms with Gasteiger partial charge in [-0.3, -0.25) is 4.79 Å². The van der Waals surface area contributed by atoms with Gasteiger partial charge in [0.2, 0.25) is 0 Å². The molecule has 0 aliphatic carbocycles. The third-order valence-corrected chi connectivity index (χ3v) is 3.27. The van der Waals surface area contributed by atoms with Gasteiger partial charge >= 0.3 is 0 Å². The molecule has 1 heterocycles. The first kappa shape index (κ1) is 12.5. The number of benzene rings is 2. The van der Waals surface area contributed by atoms with Gasteiger partial charge in [-0.1, -0.05) is 36.4 Å². The average molecular weight is 268 g/mol. The van der Waals surface area contributed by atoms with Crippen molar-refractivity contribution in [2.75, 3.05) is 17.2 Å². The molecule has 0 spiro atoms.